The maximum Gasteiger partial charge on any atom is 0.325 e. The lowest BCUT2D eigenvalue weighted by Crippen LogP contribution is -2.36. The number of urea groups is 1. The zero-order valence-corrected chi connectivity index (χ0v) is 22.1. The third kappa shape index (κ3) is 7.29. The molecule has 4 rings (SSSR count). The Morgan fingerprint density at radius 1 is 1.05 bits per heavy atom. The van der Waals surface area contributed by atoms with E-state index in [1.54, 1.807) is 15.9 Å². The van der Waals surface area contributed by atoms with Crippen LogP contribution in [0.5, 0.6) is 0 Å². The topological polar surface area (TPSA) is 101 Å². The molecule has 3 N–H and O–H groups in total. The number of amides is 2. The first-order chi connectivity index (χ1) is 18.0. The largest absolute Gasteiger partial charge is 0.382 e. The molecule has 1 saturated heterocycles. The highest BCUT2D eigenvalue weighted by Crippen LogP contribution is 2.55. The van der Waals surface area contributed by atoms with Crippen LogP contribution in [-0.4, -0.2) is 62.1 Å². The van der Waals surface area contributed by atoms with E-state index in [1.807, 2.05) is 30.3 Å². The number of hydrogen-bond acceptors (Lipinski definition) is 3. The van der Waals surface area contributed by atoms with Crippen molar-refractivity contribution in [2.75, 3.05) is 19.3 Å². The Balaban J connectivity index is 1.44. The Bertz CT molecular complexity index is 1150. The van der Waals surface area contributed by atoms with Gasteiger partial charge >= 0.3 is 19.5 Å². The van der Waals surface area contributed by atoms with Gasteiger partial charge in [-0.2, -0.15) is 8.78 Å². The summed E-state index contributed by atoms with van der Waals surface area (Å²) in [4.78, 5) is 35.1. The Labute approximate surface area is 221 Å². The number of carbonyl (C=O) groups excluding carboxylic acids is 1. The summed E-state index contributed by atoms with van der Waals surface area (Å²) in [6.45, 7) is 1.08. The quantitative estimate of drug-likeness (QED) is 0.238. The van der Waals surface area contributed by atoms with Crippen LogP contribution in [0, 0.1) is 5.41 Å². The van der Waals surface area contributed by atoms with Crippen molar-refractivity contribution in [3.63, 3.8) is 0 Å². The molecule has 10 heteroatoms. The van der Waals surface area contributed by atoms with Gasteiger partial charge in [0.1, 0.15) is 6.10 Å². The van der Waals surface area contributed by atoms with Crippen molar-refractivity contribution < 1.29 is 33.0 Å². The highest BCUT2D eigenvalue weighted by molar-refractivity contribution is 7.51. The van der Waals surface area contributed by atoms with Crippen molar-refractivity contribution in [2.45, 2.75) is 56.7 Å². The molecule has 1 aliphatic heterocycles. The fourth-order valence-electron chi connectivity index (χ4n) is 5.08. The van der Waals surface area contributed by atoms with Gasteiger partial charge in [-0.15, -0.1) is 0 Å². The van der Waals surface area contributed by atoms with Crippen molar-refractivity contribution in [1.82, 2.24) is 9.80 Å². The molecule has 0 radical (unpaired) electrons. The first-order valence-electron chi connectivity index (χ1n) is 12.9. The number of benzene rings is 2. The lowest BCUT2D eigenvalue weighted by Gasteiger charge is -2.24. The number of nitrogens with zero attached hydrogens (tertiary/aromatic N) is 2. The number of halogens is 2. The van der Waals surface area contributed by atoms with Crippen LogP contribution in [0.15, 0.2) is 72.8 Å². The first-order valence-corrected chi connectivity index (χ1v) is 14.7. The summed E-state index contributed by atoms with van der Waals surface area (Å²) < 4.78 is 40.9. The molecule has 2 aliphatic rings. The second-order valence-electron chi connectivity index (χ2n) is 10.5. The lowest BCUT2D eigenvalue weighted by atomic mass is 9.97. The predicted molar refractivity (Wildman–Crippen MR) is 141 cm³/mol. The Morgan fingerprint density at radius 3 is 2.29 bits per heavy atom. The van der Waals surface area contributed by atoms with Gasteiger partial charge in [-0.25, -0.2) is 4.79 Å². The van der Waals surface area contributed by atoms with E-state index in [-0.39, 0.29) is 23.2 Å². The Kier molecular flexibility index (Phi) is 8.72. The summed E-state index contributed by atoms with van der Waals surface area (Å²) in [6.07, 6.45) is 4.02. The van der Waals surface area contributed by atoms with Crippen LogP contribution in [0.2, 0.25) is 0 Å². The molecule has 2 aromatic carbocycles. The van der Waals surface area contributed by atoms with Gasteiger partial charge in [0.05, 0.1) is 12.2 Å². The van der Waals surface area contributed by atoms with Crippen LogP contribution in [0.3, 0.4) is 0 Å². The summed E-state index contributed by atoms with van der Waals surface area (Å²) in [5, 5.41) is 10.3. The zero-order chi connectivity index (χ0) is 27.4. The number of rotatable bonds is 13. The molecule has 1 aliphatic carbocycles. The van der Waals surface area contributed by atoms with E-state index in [0.29, 0.717) is 32.5 Å². The normalized spacial score (nSPS) is 20.3. The van der Waals surface area contributed by atoms with Gasteiger partial charge < -0.3 is 24.7 Å². The number of hydrogen-bond donors (Lipinski definition) is 3. The average Bonchev–Trinajstić information content (AvgIpc) is 3.61. The van der Waals surface area contributed by atoms with E-state index in [4.69, 9.17) is 0 Å². The van der Waals surface area contributed by atoms with Gasteiger partial charge in [-0.05, 0) is 43.1 Å². The molecule has 7 nitrogen and oxygen atoms in total. The number of carbonyl (C=O) groups is 1. The van der Waals surface area contributed by atoms with Gasteiger partial charge in [-0.3, -0.25) is 4.57 Å². The predicted octanol–water partition coefficient (Wildman–Crippen LogP) is 5.13. The molecule has 2 amide bonds. The minimum atomic E-state index is -4.06. The molecule has 2 fully saturated rings. The van der Waals surface area contributed by atoms with Gasteiger partial charge in [-0.1, -0.05) is 72.8 Å². The zero-order valence-electron chi connectivity index (χ0n) is 21.2. The highest BCUT2D eigenvalue weighted by Gasteiger charge is 2.44. The molecule has 1 saturated carbocycles. The van der Waals surface area contributed by atoms with Crippen molar-refractivity contribution >= 4 is 13.6 Å². The maximum atomic E-state index is 14.8. The molecule has 0 aromatic heterocycles. The first kappa shape index (κ1) is 28.4. The molecular weight excluding hydrogens is 513 g/mol. The molecule has 0 bridgehead atoms. The van der Waals surface area contributed by atoms with Gasteiger partial charge in [0.15, 0.2) is 0 Å². The molecule has 38 heavy (non-hydrogen) atoms. The summed E-state index contributed by atoms with van der Waals surface area (Å²) in [7, 11) is -4.06. The van der Waals surface area contributed by atoms with Crippen LogP contribution >= 0.6 is 7.60 Å². The van der Waals surface area contributed by atoms with E-state index in [2.05, 4.69) is 0 Å². The van der Waals surface area contributed by atoms with Gasteiger partial charge in [0, 0.05) is 25.2 Å². The molecule has 2 atom stereocenters. The molecular formula is C28H35F2N2O5P. The van der Waals surface area contributed by atoms with Crippen LogP contribution in [0.25, 0.3) is 0 Å². The third-order valence-electron chi connectivity index (χ3n) is 7.58. The minimum absolute atomic E-state index is 0.0904. The molecule has 2 aromatic rings. The van der Waals surface area contributed by atoms with Crippen molar-refractivity contribution in [1.29, 1.82) is 0 Å². The third-order valence-corrected chi connectivity index (χ3v) is 8.39. The Morgan fingerprint density at radius 2 is 1.68 bits per heavy atom. The fourth-order valence-corrected chi connectivity index (χ4v) is 5.85. The second kappa shape index (κ2) is 11.7. The number of alkyl halides is 2. The molecule has 1 unspecified atom stereocenters. The maximum absolute atomic E-state index is 14.8. The van der Waals surface area contributed by atoms with E-state index < -0.39 is 25.7 Å². The molecule has 206 valence electrons. The van der Waals surface area contributed by atoms with Crippen molar-refractivity contribution in [2.24, 2.45) is 5.41 Å². The molecule has 1 heterocycles. The number of aliphatic hydroxyl groups excluding tert-OH is 1. The highest BCUT2D eigenvalue weighted by atomic mass is 31.2. The lowest BCUT2D eigenvalue weighted by molar-refractivity contribution is -0.0929. The number of aliphatic hydroxyl groups is 1. The standard InChI is InChI=1S/C28H35F2N2O5P/c29-28(30,23-10-5-2-6-11-23)25(33)13-12-24-21-31(20-22-8-3-1-4-9-22)26(34)32(24)18-7-14-27(15-16-27)17-19-38(35,36)37/h1-6,8-13,24-25,33H,7,14-21H2,(H2,35,36,37)/t24-,25?/m0/s1. The average molecular weight is 549 g/mol. The van der Waals surface area contributed by atoms with Crippen LogP contribution in [-0.2, 0) is 17.0 Å². The van der Waals surface area contributed by atoms with E-state index in [1.165, 1.54) is 30.3 Å². The van der Waals surface area contributed by atoms with E-state index >= 15 is 0 Å². The van der Waals surface area contributed by atoms with Crippen LogP contribution in [0.1, 0.15) is 43.2 Å². The SMILES string of the molecule is O=C1N(Cc2ccccc2)C[C@H](C=CC(O)C(F)(F)c2ccccc2)N1CCCC1(CCP(=O)(O)O)CC1. The van der Waals surface area contributed by atoms with Gasteiger partial charge in [0.2, 0.25) is 0 Å². The summed E-state index contributed by atoms with van der Waals surface area (Å²) >= 11 is 0. The second-order valence-corrected chi connectivity index (χ2v) is 12.2. The fraction of sp³-hybridized carbons (Fsp3) is 0.464. The van der Waals surface area contributed by atoms with Crippen molar-refractivity contribution in [3.8, 4) is 0 Å². The molecule has 0 spiro atoms. The smallest absolute Gasteiger partial charge is 0.325 e. The summed E-state index contributed by atoms with van der Waals surface area (Å²) in [5.74, 6) is -3.48. The van der Waals surface area contributed by atoms with Crippen LogP contribution < -0.4 is 0 Å². The van der Waals surface area contributed by atoms with Crippen LogP contribution in [0.4, 0.5) is 13.6 Å². The van der Waals surface area contributed by atoms with Gasteiger partial charge in [0.25, 0.3) is 0 Å². The summed E-state index contributed by atoms with van der Waals surface area (Å²) in [6, 6.07) is 16.0. The monoisotopic (exact) mass is 548 g/mol. The minimum Gasteiger partial charge on any atom is -0.382 e. The van der Waals surface area contributed by atoms with E-state index in [9.17, 15) is 33.0 Å². The summed E-state index contributed by atoms with van der Waals surface area (Å²) in [5.41, 5.74) is 0.579. The van der Waals surface area contributed by atoms with E-state index in [0.717, 1.165) is 30.9 Å². The Hall–Kier alpha value is -2.58. The van der Waals surface area contributed by atoms with Crippen molar-refractivity contribution in [3.05, 3.63) is 83.9 Å².